The summed E-state index contributed by atoms with van der Waals surface area (Å²) in [5.41, 5.74) is 1.64. The number of fused-ring (bicyclic) bond motifs is 1. The first-order chi connectivity index (χ1) is 9.16. The van der Waals surface area contributed by atoms with E-state index in [1.165, 1.54) is 44.2 Å². The maximum absolute atomic E-state index is 13.4. The van der Waals surface area contributed by atoms with Crippen LogP contribution in [0.1, 0.15) is 50.5 Å². The van der Waals surface area contributed by atoms with Gasteiger partial charge < -0.3 is 5.32 Å². The SMILES string of the molecule is CC(C1CCCCC1)C1C(=O)Nc2ccc(F)cc21. The first-order valence-corrected chi connectivity index (χ1v) is 7.27. The highest BCUT2D eigenvalue weighted by molar-refractivity contribution is 6.03. The molecule has 3 rings (SSSR count). The monoisotopic (exact) mass is 261 g/mol. The van der Waals surface area contributed by atoms with Crippen molar-refractivity contribution in [3.05, 3.63) is 29.6 Å². The molecule has 1 amide bonds. The van der Waals surface area contributed by atoms with Crippen LogP contribution in [0.15, 0.2) is 18.2 Å². The summed E-state index contributed by atoms with van der Waals surface area (Å²) in [5.74, 6) is 0.505. The summed E-state index contributed by atoms with van der Waals surface area (Å²) in [4.78, 5) is 12.2. The van der Waals surface area contributed by atoms with E-state index in [1.807, 2.05) is 0 Å². The van der Waals surface area contributed by atoms with Crippen LogP contribution < -0.4 is 5.32 Å². The largest absolute Gasteiger partial charge is 0.325 e. The van der Waals surface area contributed by atoms with Crippen molar-refractivity contribution in [2.75, 3.05) is 5.32 Å². The van der Waals surface area contributed by atoms with E-state index in [1.54, 1.807) is 6.07 Å². The highest BCUT2D eigenvalue weighted by Crippen LogP contribution is 2.43. The predicted octanol–water partition coefficient (Wildman–Crippen LogP) is 4.08. The molecule has 1 aromatic carbocycles. The highest BCUT2D eigenvalue weighted by atomic mass is 19.1. The van der Waals surface area contributed by atoms with Gasteiger partial charge >= 0.3 is 0 Å². The number of rotatable bonds is 2. The molecule has 2 nitrogen and oxygen atoms in total. The molecule has 3 heteroatoms. The molecular weight excluding hydrogens is 241 g/mol. The minimum atomic E-state index is -0.254. The quantitative estimate of drug-likeness (QED) is 0.854. The molecule has 0 saturated heterocycles. The van der Waals surface area contributed by atoms with Gasteiger partial charge in [-0.25, -0.2) is 4.39 Å². The summed E-state index contributed by atoms with van der Waals surface area (Å²) in [6.07, 6.45) is 6.25. The van der Waals surface area contributed by atoms with Crippen LogP contribution in [-0.2, 0) is 4.79 Å². The molecule has 0 radical (unpaired) electrons. The van der Waals surface area contributed by atoms with Gasteiger partial charge in [0.15, 0.2) is 0 Å². The standard InChI is InChI=1S/C16H20FNO/c1-10(11-5-3-2-4-6-11)15-13-9-12(17)7-8-14(13)18-16(15)19/h7-11,15H,2-6H2,1H3,(H,18,19). The molecule has 0 bridgehead atoms. The minimum absolute atomic E-state index is 0.0404. The average molecular weight is 261 g/mol. The maximum atomic E-state index is 13.4. The van der Waals surface area contributed by atoms with Gasteiger partial charge in [-0.1, -0.05) is 39.0 Å². The smallest absolute Gasteiger partial charge is 0.232 e. The topological polar surface area (TPSA) is 29.1 Å². The predicted molar refractivity (Wildman–Crippen MR) is 73.5 cm³/mol. The molecule has 1 heterocycles. The summed E-state index contributed by atoms with van der Waals surface area (Å²) >= 11 is 0. The van der Waals surface area contributed by atoms with Gasteiger partial charge in [-0.2, -0.15) is 0 Å². The molecule has 2 unspecified atom stereocenters. The molecule has 2 aliphatic rings. The van der Waals surface area contributed by atoms with Gasteiger partial charge in [-0.05, 0) is 35.6 Å². The third-order valence-corrected chi connectivity index (χ3v) is 4.81. The summed E-state index contributed by atoms with van der Waals surface area (Å²) in [6, 6.07) is 4.61. The lowest BCUT2D eigenvalue weighted by Gasteiger charge is -2.30. The van der Waals surface area contributed by atoms with E-state index in [4.69, 9.17) is 0 Å². The molecule has 1 fully saturated rings. The van der Waals surface area contributed by atoms with Crippen LogP contribution in [0.25, 0.3) is 0 Å². The lowest BCUT2D eigenvalue weighted by molar-refractivity contribution is -0.118. The first-order valence-electron chi connectivity index (χ1n) is 7.27. The Labute approximate surface area is 113 Å². The van der Waals surface area contributed by atoms with Gasteiger partial charge in [-0.3, -0.25) is 4.79 Å². The first kappa shape index (κ1) is 12.6. The van der Waals surface area contributed by atoms with Crippen molar-refractivity contribution in [3.63, 3.8) is 0 Å². The van der Waals surface area contributed by atoms with Gasteiger partial charge in [0.2, 0.25) is 5.91 Å². The lowest BCUT2D eigenvalue weighted by atomic mass is 9.73. The van der Waals surface area contributed by atoms with E-state index in [-0.39, 0.29) is 17.6 Å². The van der Waals surface area contributed by atoms with Crippen molar-refractivity contribution in [3.8, 4) is 0 Å². The number of amides is 1. The van der Waals surface area contributed by atoms with Crippen LogP contribution in [0.5, 0.6) is 0 Å². The number of halogens is 1. The fourth-order valence-corrected chi connectivity index (χ4v) is 3.71. The summed E-state index contributed by atoms with van der Waals surface area (Å²) in [6.45, 7) is 2.15. The highest BCUT2D eigenvalue weighted by Gasteiger charge is 2.38. The van der Waals surface area contributed by atoms with Gasteiger partial charge in [0.1, 0.15) is 5.82 Å². The Hall–Kier alpha value is -1.38. The van der Waals surface area contributed by atoms with Crippen LogP contribution in [0, 0.1) is 17.7 Å². The van der Waals surface area contributed by atoms with Crippen molar-refractivity contribution in [2.24, 2.45) is 11.8 Å². The maximum Gasteiger partial charge on any atom is 0.232 e. The number of nitrogens with one attached hydrogen (secondary N) is 1. The number of hydrogen-bond donors (Lipinski definition) is 1. The van der Waals surface area contributed by atoms with E-state index in [0.29, 0.717) is 11.8 Å². The second-order valence-electron chi connectivity index (χ2n) is 5.96. The molecule has 1 aromatic rings. The molecule has 1 saturated carbocycles. The van der Waals surface area contributed by atoms with E-state index in [2.05, 4.69) is 12.2 Å². The Balaban J connectivity index is 1.88. The molecule has 19 heavy (non-hydrogen) atoms. The second kappa shape index (κ2) is 4.95. The van der Waals surface area contributed by atoms with Crippen LogP contribution in [-0.4, -0.2) is 5.91 Å². The van der Waals surface area contributed by atoms with E-state index < -0.39 is 0 Å². The van der Waals surface area contributed by atoms with Gasteiger partial charge in [0.05, 0.1) is 5.92 Å². The van der Waals surface area contributed by atoms with Crippen molar-refractivity contribution in [1.29, 1.82) is 0 Å². The fourth-order valence-electron chi connectivity index (χ4n) is 3.71. The second-order valence-corrected chi connectivity index (χ2v) is 5.96. The van der Waals surface area contributed by atoms with Crippen molar-refractivity contribution in [2.45, 2.75) is 44.9 Å². The molecule has 0 aromatic heterocycles. The molecule has 102 valence electrons. The molecule has 1 aliphatic carbocycles. The number of hydrogen-bond acceptors (Lipinski definition) is 1. The average Bonchev–Trinajstić information content (AvgIpc) is 2.74. The Morgan fingerprint density at radius 1 is 1.26 bits per heavy atom. The number of carbonyl (C=O) groups is 1. The van der Waals surface area contributed by atoms with Gasteiger partial charge in [0.25, 0.3) is 0 Å². The van der Waals surface area contributed by atoms with E-state index >= 15 is 0 Å². The zero-order valence-electron chi connectivity index (χ0n) is 11.3. The number of carbonyl (C=O) groups excluding carboxylic acids is 1. The van der Waals surface area contributed by atoms with E-state index in [9.17, 15) is 9.18 Å². The van der Waals surface area contributed by atoms with Crippen molar-refractivity contribution < 1.29 is 9.18 Å². The molecular formula is C16H20FNO. The summed E-state index contributed by atoms with van der Waals surface area (Å²) < 4.78 is 13.4. The normalized spacial score (nSPS) is 24.9. The summed E-state index contributed by atoms with van der Waals surface area (Å²) in [5, 5.41) is 2.89. The third-order valence-electron chi connectivity index (χ3n) is 4.81. The van der Waals surface area contributed by atoms with Crippen LogP contribution in [0.3, 0.4) is 0 Å². The van der Waals surface area contributed by atoms with Crippen LogP contribution in [0.4, 0.5) is 10.1 Å². The van der Waals surface area contributed by atoms with Crippen LogP contribution >= 0.6 is 0 Å². The Bertz CT molecular complexity index is 494. The van der Waals surface area contributed by atoms with Gasteiger partial charge in [-0.15, -0.1) is 0 Å². The summed E-state index contributed by atoms with van der Waals surface area (Å²) in [7, 11) is 0. The number of anilines is 1. The van der Waals surface area contributed by atoms with Gasteiger partial charge in [0, 0.05) is 5.69 Å². The zero-order chi connectivity index (χ0) is 13.4. The third kappa shape index (κ3) is 2.26. The fraction of sp³-hybridized carbons (Fsp3) is 0.562. The Kier molecular flexibility index (Phi) is 3.29. The Morgan fingerprint density at radius 3 is 2.74 bits per heavy atom. The minimum Gasteiger partial charge on any atom is -0.325 e. The molecule has 1 N–H and O–H groups in total. The molecule has 2 atom stereocenters. The van der Waals surface area contributed by atoms with Crippen LogP contribution in [0.2, 0.25) is 0 Å². The molecule has 0 spiro atoms. The van der Waals surface area contributed by atoms with Crippen molar-refractivity contribution in [1.82, 2.24) is 0 Å². The molecule has 1 aliphatic heterocycles. The number of benzene rings is 1. The van der Waals surface area contributed by atoms with E-state index in [0.717, 1.165) is 11.3 Å². The van der Waals surface area contributed by atoms with Crippen molar-refractivity contribution >= 4 is 11.6 Å². The lowest BCUT2D eigenvalue weighted by Crippen LogP contribution is -2.26. The zero-order valence-corrected chi connectivity index (χ0v) is 11.3. The Morgan fingerprint density at radius 2 is 2.00 bits per heavy atom.